The molecule has 0 amide bonds. The molecule has 0 saturated heterocycles. The fourth-order valence-corrected chi connectivity index (χ4v) is 11.2. The van der Waals surface area contributed by atoms with Gasteiger partial charge in [0.05, 0.1) is 0 Å². The Kier molecular flexibility index (Phi) is 20.5. The Bertz CT molecular complexity index is 1870. The summed E-state index contributed by atoms with van der Waals surface area (Å²) in [5, 5.41) is 42.7. The molecule has 370 valence electrons. The van der Waals surface area contributed by atoms with Crippen molar-refractivity contribution in [2.75, 3.05) is 0 Å². The third kappa shape index (κ3) is 14.5. The topological polar surface area (TPSA) is 97.4 Å². The summed E-state index contributed by atoms with van der Waals surface area (Å²) in [7, 11) is 0. The summed E-state index contributed by atoms with van der Waals surface area (Å²) < 4.78 is 14.2. The molecular formula is C58H98N2O5. The van der Waals surface area contributed by atoms with Crippen LogP contribution in [0.1, 0.15) is 229 Å². The van der Waals surface area contributed by atoms with E-state index in [1.807, 2.05) is 41.5 Å². The van der Waals surface area contributed by atoms with E-state index in [1.54, 1.807) is 0 Å². The highest BCUT2D eigenvalue weighted by Crippen LogP contribution is 2.48. The van der Waals surface area contributed by atoms with Gasteiger partial charge in [-0.05, 0) is 155 Å². The number of hydroxylamine groups is 1. The predicted molar refractivity (Wildman–Crippen MR) is 273 cm³/mol. The monoisotopic (exact) mass is 903 g/mol. The molecule has 0 spiro atoms. The van der Waals surface area contributed by atoms with Gasteiger partial charge >= 0.3 is 0 Å². The van der Waals surface area contributed by atoms with Crippen LogP contribution in [-0.2, 0) is 12.8 Å². The van der Waals surface area contributed by atoms with Crippen LogP contribution in [0.3, 0.4) is 0 Å². The van der Waals surface area contributed by atoms with Crippen molar-refractivity contribution in [3.05, 3.63) is 49.7 Å². The number of nitrogens with zero attached hydrogens (tertiary/aromatic N) is 2. The summed E-state index contributed by atoms with van der Waals surface area (Å²) in [5.74, 6) is 6.58. The van der Waals surface area contributed by atoms with Crippen molar-refractivity contribution in [1.82, 2.24) is 0 Å². The van der Waals surface area contributed by atoms with Crippen LogP contribution < -0.4 is 9.47 Å². The van der Waals surface area contributed by atoms with Gasteiger partial charge < -0.3 is 24.9 Å². The van der Waals surface area contributed by atoms with Gasteiger partial charge in [0.25, 0.3) is 0 Å². The van der Waals surface area contributed by atoms with Crippen molar-refractivity contribution in [2.24, 2.45) is 40.6 Å². The van der Waals surface area contributed by atoms with Crippen molar-refractivity contribution in [2.45, 2.75) is 262 Å². The Morgan fingerprint density at radius 2 is 0.846 bits per heavy atom. The van der Waals surface area contributed by atoms with Crippen molar-refractivity contribution >= 4 is 0 Å². The van der Waals surface area contributed by atoms with E-state index in [2.05, 4.69) is 69.2 Å². The standard InChI is InChI=1S/C58H98N2O5/c1-37(2)23-17-25-39(5)27-19-29-41(7)31-21-33-57(15)51(35-49-47(13)53(61)43(9)45(11)55(49)64-57)59-60(63)52-36-50-48(14)54(62)44(10)46(12)56(50)65-58(52,16)34-22-32-42(8)30-20-28-40(6)26-18-24-38(3)4/h37-42,51-52,61-62H,17-36H2,1-16H3/t39-,40-,41+,42+,51?,52?,57-,58-/m0/s1. The number of ether oxygens (including phenoxy) is 2. The zero-order chi connectivity index (χ0) is 48.4. The van der Waals surface area contributed by atoms with Crippen molar-refractivity contribution in [3.8, 4) is 23.0 Å². The van der Waals surface area contributed by atoms with Gasteiger partial charge in [0.15, 0.2) is 11.6 Å². The van der Waals surface area contributed by atoms with Crippen LogP contribution in [0.5, 0.6) is 23.0 Å². The lowest BCUT2D eigenvalue weighted by atomic mass is 9.80. The second-order valence-corrected chi connectivity index (χ2v) is 23.5. The molecule has 2 aliphatic rings. The summed E-state index contributed by atoms with van der Waals surface area (Å²) in [6, 6.07) is -1.05. The first kappa shape index (κ1) is 54.6. The number of aromatic hydroxyl groups is 2. The molecule has 0 radical (unpaired) electrons. The number of rotatable bonds is 26. The maximum atomic E-state index is 15.1. The Labute approximate surface area is 398 Å². The first-order valence-electron chi connectivity index (χ1n) is 26.7. The molecule has 0 bridgehead atoms. The average molecular weight is 903 g/mol. The number of hydrogen-bond acceptors (Lipinski definition) is 6. The second kappa shape index (κ2) is 24.4. The number of azo groups is 1. The smallest absolute Gasteiger partial charge is 0.232 e. The second-order valence-electron chi connectivity index (χ2n) is 23.5. The molecule has 2 aliphatic heterocycles. The molecule has 65 heavy (non-hydrogen) atoms. The van der Waals surface area contributed by atoms with E-state index in [9.17, 15) is 10.2 Å². The van der Waals surface area contributed by atoms with Crippen molar-refractivity contribution in [3.63, 3.8) is 0 Å². The van der Waals surface area contributed by atoms with E-state index in [1.165, 1.54) is 77.0 Å². The van der Waals surface area contributed by atoms with Crippen molar-refractivity contribution in [1.29, 1.82) is 0 Å². The van der Waals surface area contributed by atoms with Crippen molar-refractivity contribution < 1.29 is 24.5 Å². The molecule has 7 heteroatoms. The largest absolute Gasteiger partial charge is 0.600 e. The van der Waals surface area contributed by atoms with Gasteiger partial charge in [-0.2, -0.15) is 0 Å². The molecule has 2 unspecified atom stereocenters. The predicted octanol–water partition coefficient (Wildman–Crippen LogP) is 16.6. The highest BCUT2D eigenvalue weighted by molar-refractivity contribution is 5.60. The molecule has 2 aromatic rings. The SMILES string of the molecule is Cc1c(C)c2c(c(C)c1O)CC(N=[N+]([O-])C1Cc3c(C)c(O)c(C)c(C)c3O[C@@]1(C)CCC[C@H](C)CCC[C@@H](C)CCCC(C)C)[C@](C)(CCC[C@H](C)CCC[C@@H](C)CCCC(C)C)O2. The van der Waals surface area contributed by atoms with Gasteiger partial charge in [-0.15, -0.1) is 0 Å². The normalized spacial score (nSPS) is 22.9. The van der Waals surface area contributed by atoms with E-state index in [0.717, 1.165) is 123 Å². The van der Waals surface area contributed by atoms with Crippen LogP contribution in [0.15, 0.2) is 5.11 Å². The summed E-state index contributed by atoms with van der Waals surface area (Å²) in [4.78, 5) is 0.983. The Balaban J connectivity index is 1.57. The van der Waals surface area contributed by atoms with Crippen LogP contribution in [0.2, 0.25) is 0 Å². The lowest BCUT2D eigenvalue weighted by Gasteiger charge is -2.43. The van der Waals surface area contributed by atoms with Gasteiger partial charge in [0, 0.05) is 24.0 Å². The lowest BCUT2D eigenvalue weighted by molar-refractivity contribution is -0.591. The summed E-state index contributed by atoms with van der Waals surface area (Å²) in [6.45, 7) is 35.1. The van der Waals surface area contributed by atoms with Crippen LogP contribution in [0.4, 0.5) is 0 Å². The molecule has 7 nitrogen and oxygen atoms in total. The molecule has 2 N–H and O–H groups in total. The lowest BCUT2D eigenvalue weighted by Crippen LogP contribution is -2.55. The number of benzene rings is 2. The average Bonchev–Trinajstić information content (AvgIpc) is 3.23. The first-order valence-corrected chi connectivity index (χ1v) is 26.7. The van der Waals surface area contributed by atoms with Gasteiger partial charge in [-0.3, -0.25) is 0 Å². The molecule has 0 saturated carbocycles. The number of hydrogen-bond donors (Lipinski definition) is 2. The molecule has 0 fully saturated rings. The zero-order valence-electron chi connectivity index (χ0n) is 44.8. The highest BCUT2D eigenvalue weighted by Gasteiger charge is 2.51. The third-order valence-electron chi connectivity index (χ3n) is 16.6. The molecule has 4 rings (SSSR count). The highest BCUT2D eigenvalue weighted by atomic mass is 16.5. The molecule has 0 aromatic heterocycles. The summed E-state index contributed by atoms with van der Waals surface area (Å²) in [5.41, 5.74) is 5.49. The summed E-state index contributed by atoms with van der Waals surface area (Å²) in [6.07, 6.45) is 22.2. The minimum atomic E-state index is -0.795. The van der Waals surface area contributed by atoms with Gasteiger partial charge in [0.1, 0.15) is 28.6 Å². The van der Waals surface area contributed by atoms with E-state index in [-0.39, 0.29) is 5.75 Å². The maximum absolute atomic E-state index is 15.1. The molecule has 0 aliphatic carbocycles. The molecule has 8 atom stereocenters. The minimum Gasteiger partial charge on any atom is -0.600 e. The van der Waals surface area contributed by atoms with Crippen LogP contribution in [-0.4, -0.2) is 38.4 Å². The van der Waals surface area contributed by atoms with Gasteiger partial charge in [-0.25, -0.2) is 0 Å². The first-order chi connectivity index (χ1) is 30.5. The molecular weight excluding hydrogens is 805 g/mol. The Morgan fingerprint density at radius 1 is 0.508 bits per heavy atom. The quantitative estimate of drug-likeness (QED) is 0.0557. The minimum absolute atomic E-state index is 0.279. The number of phenols is 2. The summed E-state index contributed by atoms with van der Waals surface area (Å²) >= 11 is 0. The fraction of sp³-hybridized carbons (Fsp3) is 0.793. The van der Waals surface area contributed by atoms with E-state index < -0.39 is 23.3 Å². The zero-order valence-corrected chi connectivity index (χ0v) is 44.8. The van der Waals surface area contributed by atoms with Crippen LogP contribution in [0.25, 0.3) is 0 Å². The maximum Gasteiger partial charge on any atom is 0.232 e. The molecule has 2 heterocycles. The fourth-order valence-electron chi connectivity index (χ4n) is 11.2. The van der Waals surface area contributed by atoms with E-state index >= 15 is 5.21 Å². The number of phenolic OH excluding ortho intramolecular Hbond substituents is 2. The van der Waals surface area contributed by atoms with E-state index in [0.29, 0.717) is 30.4 Å². The number of fused-ring (bicyclic) bond motifs is 2. The Morgan fingerprint density at radius 3 is 1.25 bits per heavy atom. The van der Waals surface area contributed by atoms with Crippen LogP contribution in [0, 0.1) is 82.3 Å². The Hall–Kier alpha value is -2.96. The third-order valence-corrected chi connectivity index (χ3v) is 16.6. The van der Waals surface area contributed by atoms with Crippen LogP contribution >= 0.6 is 0 Å². The van der Waals surface area contributed by atoms with E-state index in [4.69, 9.17) is 14.6 Å². The van der Waals surface area contributed by atoms with Gasteiger partial charge in [0.2, 0.25) is 6.04 Å². The molecule has 2 aromatic carbocycles. The van der Waals surface area contributed by atoms with Gasteiger partial charge in [-0.1, -0.05) is 150 Å².